The molecular weight excluding hydrogens is 232 g/mol. The van der Waals surface area contributed by atoms with E-state index in [1.807, 2.05) is 0 Å². The topological polar surface area (TPSA) is 15.3 Å². The monoisotopic (exact) mass is 252 g/mol. The zero-order chi connectivity index (χ0) is 12.3. The first-order valence-corrected chi connectivity index (χ1v) is 6.82. The van der Waals surface area contributed by atoms with Crippen LogP contribution in [-0.2, 0) is 6.54 Å². The van der Waals surface area contributed by atoms with Gasteiger partial charge in [0.1, 0.15) is 0 Å². The zero-order valence-corrected chi connectivity index (χ0v) is 11.4. The van der Waals surface area contributed by atoms with Gasteiger partial charge in [-0.3, -0.25) is 0 Å². The van der Waals surface area contributed by atoms with Crippen LogP contribution in [-0.4, -0.2) is 19.6 Å². The third-order valence-electron chi connectivity index (χ3n) is 3.59. The Bertz CT molecular complexity index is 374. The fraction of sp³-hybridized carbons (Fsp3) is 0.571. The van der Waals surface area contributed by atoms with Crippen molar-refractivity contribution in [3.8, 4) is 0 Å². The molecule has 0 unspecified atom stereocenters. The Labute approximate surface area is 109 Å². The standard InChI is InChI=1S/C14H21ClN2/c1-3-16-10-11-7-8-14(13(15)9-11)17(2)12-5-4-6-12/h7-9,12,16H,3-6,10H2,1-2H3. The molecule has 0 bridgehead atoms. The van der Waals surface area contributed by atoms with Crippen molar-refractivity contribution in [1.29, 1.82) is 0 Å². The first-order chi connectivity index (χ1) is 8.22. The highest BCUT2D eigenvalue weighted by atomic mass is 35.5. The molecule has 94 valence electrons. The van der Waals surface area contributed by atoms with E-state index in [9.17, 15) is 0 Å². The average Bonchev–Trinajstić information content (AvgIpc) is 2.23. The number of benzene rings is 1. The Morgan fingerprint density at radius 1 is 1.41 bits per heavy atom. The molecule has 0 atom stereocenters. The molecule has 2 nitrogen and oxygen atoms in total. The van der Waals surface area contributed by atoms with Gasteiger partial charge in [0, 0.05) is 19.6 Å². The molecule has 2 rings (SSSR count). The summed E-state index contributed by atoms with van der Waals surface area (Å²) in [5.74, 6) is 0. The van der Waals surface area contributed by atoms with E-state index in [0.717, 1.165) is 23.8 Å². The second-order valence-electron chi connectivity index (χ2n) is 4.76. The van der Waals surface area contributed by atoms with E-state index >= 15 is 0 Å². The van der Waals surface area contributed by atoms with E-state index in [1.165, 1.54) is 24.8 Å². The van der Waals surface area contributed by atoms with Crippen LogP contribution in [0, 0.1) is 0 Å². The second-order valence-corrected chi connectivity index (χ2v) is 5.17. The summed E-state index contributed by atoms with van der Waals surface area (Å²) in [4.78, 5) is 2.32. The van der Waals surface area contributed by atoms with Gasteiger partial charge >= 0.3 is 0 Å². The number of hydrogen-bond acceptors (Lipinski definition) is 2. The molecule has 0 saturated heterocycles. The van der Waals surface area contributed by atoms with Gasteiger partial charge in [0.2, 0.25) is 0 Å². The molecule has 3 heteroatoms. The van der Waals surface area contributed by atoms with Crippen molar-refractivity contribution in [2.75, 3.05) is 18.5 Å². The highest BCUT2D eigenvalue weighted by Crippen LogP contribution is 2.33. The Balaban J connectivity index is 2.07. The normalized spacial score (nSPS) is 15.7. The van der Waals surface area contributed by atoms with Crippen molar-refractivity contribution in [3.63, 3.8) is 0 Å². The third-order valence-corrected chi connectivity index (χ3v) is 3.90. The van der Waals surface area contributed by atoms with Gasteiger partial charge in [0.25, 0.3) is 0 Å². The van der Waals surface area contributed by atoms with Gasteiger partial charge in [-0.1, -0.05) is 24.6 Å². The molecule has 1 aromatic carbocycles. The Morgan fingerprint density at radius 2 is 2.18 bits per heavy atom. The predicted molar refractivity (Wildman–Crippen MR) is 74.9 cm³/mol. The van der Waals surface area contributed by atoms with Gasteiger partial charge in [-0.25, -0.2) is 0 Å². The zero-order valence-electron chi connectivity index (χ0n) is 10.7. The molecule has 1 aliphatic rings. The predicted octanol–water partition coefficient (Wildman–Crippen LogP) is 3.44. The minimum Gasteiger partial charge on any atom is -0.370 e. The molecule has 1 fully saturated rings. The number of hydrogen-bond donors (Lipinski definition) is 1. The molecule has 1 saturated carbocycles. The fourth-order valence-corrected chi connectivity index (χ4v) is 2.52. The van der Waals surface area contributed by atoms with Gasteiger partial charge in [0.15, 0.2) is 0 Å². The van der Waals surface area contributed by atoms with Crippen LogP contribution in [0.4, 0.5) is 5.69 Å². The number of nitrogens with zero attached hydrogens (tertiary/aromatic N) is 1. The number of rotatable bonds is 5. The maximum Gasteiger partial charge on any atom is 0.0642 e. The van der Waals surface area contributed by atoms with Gasteiger partial charge in [-0.05, 0) is 43.5 Å². The fourth-order valence-electron chi connectivity index (χ4n) is 2.19. The van der Waals surface area contributed by atoms with Crippen LogP contribution < -0.4 is 10.2 Å². The van der Waals surface area contributed by atoms with Crippen molar-refractivity contribution in [3.05, 3.63) is 28.8 Å². The number of halogens is 1. The summed E-state index contributed by atoms with van der Waals surface area (Å²) in [5.41, 5.74) is 2.42. The molecule has 1 aliphatic carbocycles. The Kier molecular flexibility index (Phi) is 4.30. The highest BCUT2D eigenvalue weighted by Gasteiger charge is 2.23. The minimum absolute atomic E-state index is 0.687. The summed E-state index contributed by atoms with van der Waals surface area (Å²) >= 11 is 6.36. The lowest BCUT2D eigenvalue weighted by Crippen LogP contribution is -2.37. The molecule has 1 N–H and O–H groups in total. The van der Waals surface area contributed by atoms with Crippen LogP contribution in [0.1, 0.15) is 31.7 Å². The summed E-state index contributed by atoms with van der Waals surface area (Å²) < 4.78 is 0. The summed E-state index contributed by atoms with van der Waals surface area (Å²) in [7, 11) is 2.15. The molecule has 1 aromatic rings. The molecule has 17 heavy (non-hydrogen) atoms. The van der Waals surface area contributed by atoms with Crippen molar-refractivity contribution in [1.82, 2.24) is 5.32 Å². The van der Waals surface area contributed by atoms with Crippen LogP contribution in [0.25, 0.3) is 0 Å². The van der Waals surface area contributed by atoms with Crippen LogP contribution in [0.2, 0.25) is 5.02 Å². The van der Waals surface area contributed by atoms with Crippen LogP contribution >= 0.6 is 11.6 Å². The number of anilines is 1. The molecule has 0 radical (unpaired) electrons. The van der Waals surface area contributed by atoms with Crippen molar-refractivity contribution >= 4 is 17.3 Å². The van der Waals surface area contributed by atoms with Crippen molar-refractivity contribution in [2.24, 2.45) is 0 Å². The van der Waals surface area contributed by atoms with Crippen LogP contribution in [0.3, 0.4) is 0 Å². The summed E-state index contributed by atoms with van der Waals surface area (Å²) in [5, 5.41) is 4.18. The van der Waals surface area contributed by atoms with E-state index in [-0.39, 0.29) is 0 Å². The smallest absolute Gasteiger partial charge is 0.0642 e. The first-order valence-electron chi connectivity index (χ1n) is 6.44. The SMILES string of the molecule is CCNCc1ccc(N(C)C2CCC2)c(Cl)c1. The summed E-state index contributed by atoms with van der Waals surface area (Å²) in [6.45, 7) is 3.99. The van der Waals surface area contributed by atoms with E-state index in [1.54, 1.807) is 0 Å². The molecule has 0 aliphatic heterocycles. The van der Waals surface area contributed by atoms with E-state index in [0.29, 0.717) is 6.04 Å². The molecule has 0 amide bonds. The minimum atomic E-state index is 0.687. The molecule has 0 heterocycles. The van der Waals surface area contributed by atoms with Gasteiger partial charge in [0.05, 0.1) is 10.7 Å². The Morgan fingerprint density at radius 3 is 2.71 bits per heavy atom. The maximum atomic E-state index is 6.36. The summed E-state index contributed by atoms with van der Waals surface area (Å²) in [6.07, 6.45) is 3.95. The summed E-state index contributed by atoms with van der Waals surface area (Å²) in [6, 6.07) is 7.08. The largest absolute Gasteiger partial charge is 0.370 e. The molecule has 0 aromatic heterocycles. The lowest BCUT2D eigenvalue weighted by Gasteiger charge is -2.36. The van der Waals surface area contributed by atoms with E-state index < -0.39 is 0 Å². The van der Waals surface area contributed by atoms with Crippen LogP contribution in [0.15, 0.2) is 18.2 Å². The molecule has 0 spiro atoms. The van der Waals surface area contributed by atoms with E-state index in [4.69, 9.17) is 11.6 Å². The third kappa shape index (κ3) is 2.93. The van der Waals surface area contributed by atoms with Crippen molar-refractivity contribution in [2.45, 2.75) is 38.8 Å². The Hall–Kier alpha value is -0.730. The highest BCUT2D eigenvalue weighted by molar-refractivity contribution is 6.33. The van der Waals surface area contributed by atoms with E-state index in [2.05, 4.69) is 42.4 Å². The average molecular weight is 253 g/mol. The number of nitrogens with one attached hydrogen (secondary N) is 1. The first kappa shape index (κ1) is 12.7. The van der Waals surface area contributed by atoms with Gasteiger partial charge < -0.3 is 10.2 Å². The second kappa shape index (κ2) is 5.74. The quantitative estimate of drug-likeness (QED) is 0.864. The van der Waals surface area contributed by atoms with Crippen molar-refractivity contribution < 1.29 is 0 Å². The lowest BCUT2D eigenvalue weighted by atomic mass is 9.91. The maximum absolute atomic E-state index is 6.36. The lowest BCUT2D eigenvalue weighted by molar-refractivity contribution is 0.401. The van der Waals surface area contributed by atoms with Gasteiger partial charge in [-0.2, -0.15) is 0 Å². The van der Waals surface area contributed by atoms with Gasteiger partial charge in [-0.15, -0.1) is 0 Å². The van der Waals surface area contributed by atoms with Crippen LogP contribution in [0.5, 0.6) is 0 Å². The molecular formula is C14H21ClN2.